The number of nitrogens with zero attached hydrogens (tertiary/aromatic N) is 1. The third kappa shape index (κ3) is 2.96. The number of benzene rings is 1. The van der Waals surface area contributed by atoms with Crippen LogP contribution in [0.1, 0.15) is 44.9 Å². The quantitative estimate of drug-likeness (QED) is 0.853. The van der Waals surface area contributed by atoms with Gasteiger partial charge in [0.1, 0.15) is 0 Å². The zero-order valence-corrected chi connectivity index (χ0v) is 16.4. The van der Waals surface area contributed by atoms with Crippen molar-refractivity contribution in [2.75, 3.05) is 13.1 Å². The number of hydrogen-bond acceptors (Lipinski definition) is 4. The number of amides is 1. The summed E-state index contributed by atoms with van der Waals surface area (Å²) in [6.07, 6.45) is 5.49. The second-order valence-corrected chi connectivity index (χ2v) is 10.5. The molecule has 2 saturated heterocycles. The van der Waals surface area contributed by atoms with Gasteiger partial charge in [0, 0.05) is 30.2 Å². The van der Waals surface area contributed by atoms with Crippen molar-refractivity contribution in [1.29, 1.82) is 0 Å². The molecule has 1 N–H and O–H groups in total. The lowest BCUT2D eigenvalue weighted by Crippen LogP contribution is -2.54. The molecule has 4 rings (SSSR count). The van der Waals surface area contributed by atoms with Gasteiger partial charge in [0.15, 0.2) is 14.6 Å². The van der Waals surface area contributed by atoms with Crippen LogP contribution in [-0.4, -0.2) is 49.1 Å². The molecule has 2 unspecified atom stereocenters. The molecule has 3 fully saturated rings. The summed E-state index contributed by atoms with van der Waals surface area (Å²) < 4.78 is 25.7. The Morgan fingerprint density at radius 1 is 1.08 bits per heavy atom. The maximum atomic E-state index is 13.5. The number of sulfone groups is 1. The van der Waals surface area contributed by atoms with Crippen LogP contribution < -0.4 is 5.32 Å². The second kappa shape index (κ2) is 6.80. The van der Waals surface area contributed by atoms with E-state index < -0.39 is 14.6 Å². The molecular weight excluding hydrogens is 372 g/mol. The Bertz CT molecular complexity index is 788. The molecule has 1 saturated carbocycles. The molecule has 2 heterocycles. The first-order chi connectivity index (χ1) is 12.4. The zero-order valence-electron chi connectivity index (χ0n) is 14.8. The van der Waals surface area contributed by atoms with Crippen molar-refractivity contribution in [3.8, 4) is 0 Å². The predicted molar refractivity (Wildman–Crippen MR) is 101 cm³/mol. The molecule has 26 heavy (non-hydrogen) atoms. The third-order valence-corrected chi connectivity index (χ3v) is 9.01. The fourth-order valence-corrected chi connectivity index (χ4v) is 7.06. The van der Waals surface area contributed by atoms with Crippen molar-refractivity contribution in [3.05, 3.63) is 29.3 Å². The highest BCUT2D eigenvalue weighted by Gasteiger charge is 2.54. The molecule has 2 bridgehead atoms. The van der Waals surface area contributed by atoms with Gasteiger partial charge in [0.25, 0.3) is 0 Å². The standard InChI is InChI=1S/C19H25ClN2O3S/c20-14-3-7-17(8-4-14)26(24,25)19(10-1-2-11-19)18(23)22-12-9-15-5-6-16(13-22)21-15/h3-4,7-8,15-16,21H,1-2,5-6,9-13H2. The molecule has 3 aliphatic rings. The first-order valence-electron chi connectivity index (χ1n) is 9.48. The van der Waals surface area contributed by atoms with Gasteiger partial charge in [-0.05, 0) is 56.4 Å². The fraction of sp³-hybridized carbons (Fsp3) is 0.632. The Kier molecular flexibility index (Phi) is 4.78. The van der Waals surface area contributed by atoms with Gasteiger partial charge in [-0.25, -0.2) is 8.42 Å². The topological polar surface area (TPSA) is 66.5 Å². The van der Waals surface area contributed by atoms with Crippen LogP contribution in [0.15, 0.2) is 29.2 Å². The van der Waals surface area contributed by atoms with E-state index in [0.29, 0.717) is 43.0 Å². The minimum atomic E-state index is -3.76. The summed E-state index contributed by atoms with van der Waals surface area (Å²) in [5.41, 5.74) is 0. The number of carbonyl (C=O) groups excluding carboxylic acids is 1. The van der Waals surface area contributed by atoms with Crippen molar-refractivity contribution in [3.63, 3.8) is 0 Å². The van der Waals surface area contributed by atoms with E-state index in [1.807, 2.05) is 4.90 Å². The van der Waals surface area contributed by atoms with Crippen LogP contribution in [0.2, 0.25) is 5.02 Å². The van der Waals surface area contributed by atoms with Gasteiger partial charge < -0.3 is 10.2 Å². The van der Waals surface area contributed by atoms with Crippen molar-refractivity contribution in [2.24, 2.45) is 0 Å². The Labute approximate surface area is 160 Å². The lowest BCUT2D eigenvalue weighted by molar-refractivity contribution is -0.134. The first-order valence-corrected chi connectivity index (χ1v) is 11.3. The Morgan fingerprint density at radius 3 is 2.42 bits per heavy atom. The van der Waals surface area contributed by atoms with Gasteiger partial charge in [0.05, 0.1) is 4.90 Å². The number of rotatable bonds is 3. The largest absolute Gasteiger partial charge is 0.340 e. The molecular formula is C19H25ClN2O3S. The summed E-state index contributed by atoms with van der Waals surface area (Å²) >= 11 is 5.92. The Morgan fingerprint density at radius 2 is 1.73 bits per heavy atom. The maximum absolute atomic E-state index is 13.5. The second-order valence-electron chi connectivity index (χ2n) is 7.84. The molecule has 0 radical (unpaired) electrons. The third-order valence-electron chi connectivity index (χ3n) is 6.25. The van der Waals surface area contributed by atoms with E-state index in [1.54, 1.807) is 12.1 Å². The van der Waals surface area contributed by atoms with Gasteiger partial charge >= 0.3 is 0 Å². The van der Waals surface area contributed by atoms with E-state index in [0.717, 1.165) is 32.1 Å². The number of likely N-dealkylation sites (tertiary alicyclic amines) is 1. The summed E-state index contributed by atoms with van der Waals surface area (Å²) in [5, 5.41) is 4.05. The zero-order chi connectivity index (χ0) is 18.4. The summed E-state index contributed by atoms with van der Waals surface area (Å²) in [6, 6.07) is 6.97. The lowest BCUT2D eigenvalue weighted by atomic mass is 10.0. The first kappa shape index (κ1) is 18.3. The van der Waals surface area contributed by atoms with E-state index >= 15 is 0 Å². The average molecular weight is 397 g/mol. The fourth-order valence-electron chi connectivity index (χ4n) is 4.80. The Hall–Kier alpha value is -1.11. The molecule has 2 aliphatic heterocycles. The van der Waals surface area contributed by atoms with Crippen molar-refractivity contribution in [2.45, 2.75) is 66.7 Å². The van der Waals surface area contributed by atoms with Crippen LogP contribution >= 0.6 is 11.6 Å². The van der Waals surface area contributed by atoms with Crippen molar-refractivity contribution in [1.82, 2.24) is 10.2 Å². The molecule has 1 aliphatic carbocycles. The summed E-state index contributed by atoms with van der Waals surface area (Å²) in [5.74, 6) is -0.195. The highest BCUT2D eigenvalue weighted by molar-refractivity contribution is 7.93. The van der Waals surface area contributed by atoms with Crippen LogP contribution in [0, 0.1) is 0 Å². The number of hydrogen-bond donors (Lipinski definition) is 1. The van der Waals surface area contributed by atoms with Crippen molar-refractivity contribution >= 4 is 27.3 Å². The predicted octanol–water partition coefficient (Wildman–Crippen LogP) is 2.78. The lowest BCUT2D eigenvalue weighted by Gasteiger charge is -2.34. The molecule has 1 amide bonds. The van der Waals surface area contributed by atoms with Gasteiger partial charge in [-0.15, -0.1) is 0 Å². The average Bonchev–Trinajstić information content (AvgIpc) is 3.22. The van der Waals surface area contributed by atoms with E-state index in [9.17, 15) is 13.2 Å². The van der Waals surface area contributed by atoms with E-state index in [2.05, 4.69) is 5.32 Å². The molecule has 142 valence electrons. The van der Waals surface area contributed by atoms with Gasteiger partial charge in [-0.3, -0.25) is 4.79 Å². The molecule has 7 heteroatoms. The molecule has 0 aromatic heterocycles. The van der Waals surface area contributed by atoms with Crippen molar-refractivity contribution < 1.29 is 13.2 Å². The molecule has 5 nitrogen and oxygen atoms in total. The smallest absolute Gasteiger partial charge is 0.244 e. The number of halogens is 1. The number of carbonyl (C=O) groups is 1. The highest BCUT2D eigenvalue weighted by Crippen LogP contribution is 2.42. The maximum Gasteiger partial charge on any atom is 0.244 e. The number of nitrogens with one attached hydrogen (secondary N) is 1. The van der Waals surface area contributed by atoms with E-state index in [-0.39, 0.29) is 10.8 Å². The molecule has 1 aromatic carbocycles. The Balaban J connectivity index is 1.67. The molecule has 1 aromatic rings. The van der Waals surface area contributed by atoms with Crippen LogP contribution in [-0.2, 0) is 14.6 Å². The normalized spacial score (nSPS) is 28.1. The van der Waals surface area contributed by atoms with E-state index in [4.69, 9.17) is 11.6 Å². The number of fused-ring (bicyclic) bond motifs is 2. The van der Waals surface area contributed by atoms with Gasteiger partial charge in [0.2, 0.25) is 5.91 Å². The summed E-state index contributed by atoms with van der Waals surface area (Å²) in [4.78, 5) is 15.5. The molecule has 2 atom stereocenters. The summed E-state index contributed by atoms with van der Waals surface area (Å²) in [7, 11) is -3.76. The summed E-state index contributed by atoms with van der Waals surface area (Å²) in [6.45, 7) is 1.26. The minimum Gasteiger partial charge on any atom is -0.340 e. The monoisotopic (exact) mass is 396 g/mol. The minimum absolute atomic E-state index is 0.195. The van der Waals surface area contributed by atoms with Crippen LogP contribution in [0.25, 0.3) is 0 Å². The van der Waals surface area contributed by atoms with E-state index in [1.165, 1.54) is 12.1 Å². The van der Waals surface area contributed by atoms with Gasteiger partial charge in [-0.2, -0.15) is 0 Å². The molecule has 0 spiro atoms. The highest BCUT2D eigenvalue weighted by atomic mass is 35.5. The SMILES string of the molecule is O=C(N1CCC2CCC(C1)N2)C1(S(=O)(=O)c2ccc(Cl)cc2)CCCC1. The van der Waals surface area contributed by atoms with Crippen LogP contribution in [0.5, 0.6) is 0 Å². The van der Waals surface area contributed by atoms with Gasteiger partial charge in [-0.1, -0.05) is 24.4 Å². The van der Waals surface area contributed by atoms with Crippen LogP contribution in [0.3, 0.4) is 0 Å². The van der Waals surface area contributed by atoms with Crippen LogP contribution in [0.4, 0.5) is 0 Å².